The summed E-state index contributed by atoms with van der Waals surface area (Å²) in [6.07, 6.45) is 1.08. The van der Waals surface area contributed by atoms with Crippen LogP contribution in [0.3, 0.4) is 0 Å². The Balaban J connectivity index is 2.07. The van der Waals surface area contributed by atoms with Crippen molar-refractivity contribution in [3.05, 3.63) is 76.4 Å². The molecule has 1 heterocycles. The number of aryl methyl sites for hydroxylation is 1. The Morgan fingerprint density at radius 2 is 1.67 bits per heavy atom. The first-order valence-electron chi connectivity index (χ1n) is 9.17. The van der Waals surface area contributed by atoms with Gasteiger partial charge in [0.15, 0.2) is 0 Å². The zero-order valence-corrected chi connectivity index (χ0v) is 15.6. The van der Waals surface area contributed by atoms with E-state index in [0.29, 0.717) is 18.0 Å². The van der Waals surface area contributed by atoms with Gasteiger partial charge in [0.25, 0.3) is 0 Å². The van der Waals surface area contributed by atoms with E-state index in [4.69, 9.17) is 0 Å². The van der Waals surface area contributed by atoms with Crippen molar-refractivity contribution in [2.24, 2.45) is 0 Å². The highest BCUT2D eigenvalue weighted by atomic mass is 15.0. The van der Waals surface area contributed by atoms with Crippen LogP contribution < -0.4 is 5.32 Å². The number of benzene rings is 2. The first-order valence-corrected chi connectivity index (χ1v) is 9.17. The summed E-state index contributed by atoms with van der Waals surface area (Å²) in [4.78, 5) is 0. The standard InChI is InChI=1S/C23H29N/c1-6-19-12-21(16(3)20-10-8-7-9-11-20)14-22(13-19)23-15(2)17(4)24-18(23)5/h7-14,16-18,24H,6H2,1-5H3. The van der Waals surface area contributed by atoms with E-state index in [1.165, 1.54) is 33.4 Å². The minimum absolute atomic E-state index is 0.416. The van der Waals surface area contributed by atoms with Gasteiger partial charge in [0.1, 0.15) is 0 Å². The molecule has 0 spiro atoms. The highest BCUT2D eigenvalue weighted by molar-refractivity contribution is 5.76. The van der Waals surface area contributed by atoms with Crippen LogP contribution in [-0.4, -0.2) is 12.1 Å². The molecule has 0 fully saturated rings. The average molecular weight is 319 g/mol. The zero-order valence-electron chi connectivity index (χ0n) is 15.6. The molecular weight excluding hydrogens is 290 g/mol. The molecule has 0 saturated heterocycles. The van der Waals surface area contributed by atoms with Crippen molar-refractivity contribution in [1.29, 1.82) is 0 Å². The second-order valence-electron chi connectivity index (χ2n) is 7.16. The van der Waals surface area contributed by atoms with Gasteiger partial charge in [-0.15, -0.1) is 0 Å². The molecule has 0 saturated carbocycles. The Morgan fingerprint density at radius 1 is 0.958 bits per heavy atom. The van der Waals surface area contributed by atoms with Crippen LogP contribution in [0.25, 0.3) is 5.57 Å². The summed E-state index contributed by atoms with van der Waals surface area (Å²) in [5.74, 6) is 0.416. The molecule has 1 heteroatoms. The molecule has 0 radical (unpaired) electrons. The fourth-order valence-electron chi connectivity index (χ4n) is 3.90. The van der Waals surface area contributed by atoms with E-state index < -0.39 is 0 Å². The van der Waals surface area contributed by atoms with Crippen LogP contribution in [0.5, 0.6) is 0 Å². The Morgan fingerprint density at radius 3 is 2.25 bits per heavy atom. The summed E-state index contributed by atoms with van der Waals surface area (Å²) < 4.78 is 0. The molecule has 24 heavy (non-hydrogen) atoms. The highest BCUT2D eigenvalue weighted by Crippen LogP contribution is 2.34. The summed E-state index contributed by atoms with van der Waals surface area (Å²) in [6.45, 7) is 11.4. The van der Waals surface area contributed by atoms with Gasteiger partial charge in [-0.2, -0.15) is 0 Å². The van der Waals surface area contributed by atoms with Crippen LogP contribution >= 0.6 is 0 Å². The molecule has 3 atom stereocenters. The molecule has 2 aromatic carbocycles. The van der Waals surface area contributed by atoms with E-state index in [9.17, 15) is 0 Å². The fraction of sp³-hybridized carbons (Fsp3) is 0.391. The average Bonchev–Trinajstić information content (AvgIpc) is 2.86. The molecule has 1 aliphatic rings. The van der Waals surface area contributed by atoms with Crippen LogP contribution in [0.4, 0.5) is 0 Å². The van der Waals surface area contributed by atoms with Gasteiger partial charge in [0.2, 0.25) is 0 Å². The smallest absolute Gasteiger partial charge is 0.0303 e. The van der Waals surface area contributed by atoms with Crippen molar-refractivity contribution < 1.29 is 0 Å². The second kappa shape index (κ2) is 6.94. The van der Waals surface area contributed by atoms with E-state index in [1.807, 2.05) is 0 Å². The summed E-state index contributed by atoms with van der Waals surface area (Å²) >= 11 is 0. The summed E-state index contributed by atoms with van der Waals surface area (Å²) in [7, 11) is 0. The number of hydrogen-bond acceptors (Lipinski definition) is 1. The first-order chi connectivity index (χ1) is 11.5. The molecule has 0 aromatic heterocycles. The lowest BCUT2D eigenvalue weighted by atomic mass is 9.87. The van der Waals surface area contributed by atoms with Gasteiger partial charge in [0.05, 0.1) is 0 Å². The van der Waals surface area contributed by atoms with E-state index in [2.05, 4.69) is 88.5 Å². The van der Waals surface area contributed by atoms with Gasteiger partial charge in [-0.3, -0.25) is 0 Å². The first kappa shape index (κ1) is 17.0. The SMILES string of the molecule is CCc1cc(C2=C(C)C(C)NC2C)cc(C(C)c2ccccc2)c1. The normalized spacial score (nSPS) is 22.0. The number of rotatable bonds is 4. The third-order valence-electron chi connectivity index (χ3n) is 5.54. The van der Waals surface area contributed by atoms with Crippen LogP contribution in [0.15, 0.2) is 54.1 Å². The minimum Gasteiger partial charge on any atom is -0.304 e. The molecule has 1 nitrogen and oxygen atoms in total. The highest BCUT2D eigenvalue weighted by Gasteiger charge is 2.26. The van der Waals surface area contributed by atoms with Crippen molar-refractivity contribution in [3.8, 4) is 0 Å². The molecule has 3 rings (SSSR count). The van der Waals surface area contributed by atoms with Gasteiger partial charge < -0.3 is 5.32 Å². The number of hydrogen-bond donors (Lipinski definition) is 1. The van der Waals surface area contributed by atoms with Crippen molar-refractivity contribution in [2.75, 3.05) is 0 Å². The van der Waals surface area contributed by atoms with E-state index >= 15 is 0 Å². The Kier molecular flexibility index (Phi) is 4.91. The topological polar surface area (TPSA) is 12.0 Å². The van der Waals surface area contributed by atoms with E-state index in [0.717, 1.165) is 6.42 Å². The molecule has 0 aliphatic carbocycles. The van der Waals surface area contributed by atoms with Crippen LogP contribution in [-0.2, 0) is 6.42 Å². The molecule has 1 N–H and O–H groups in total. The summed E-state index contributed by atoms with van der Waals surface area (Å²) in [6, 6.07) is 18.9. The van der Waals surface area contributed by atoms with Gasteiger partial charge in [-0.05, 0) is 55.0 Å². The third-order valence-corrected chi connectivity index (χ3v) is 5.54. The lowest BCUT2D eigenvalue weighted by Crippen LogP contribution is -2.27. The molecule has 2 aromatic rings. The molecule has 126 valence electrons. The van der Waals surface area contributed by atoms with Gasteiger partial charge in [0, 0.05) is 18.0 Å². The van der Waals surface area contributed by atoms with Crippen molar-refractivity contribution in [1.82, 2.24) is 5.32 Å². The maximum absolute atomic E-state index is 3.66. The van der Waals surface area contributed by atoms with Crippen molar-refractivity contribution >= 4 is 5.57 Å². The minimum atomic E-state index is 0.416. The van der Waals surface area contributed by atoms with Gasteiger partial charge in [-0.1, -0.05) is 68.0 Å². The van der Waals surface area contributed by atoms with E-state index in [1.54, 1.807) is 0 Å². The predicted molar refractivity (Wildman–Crippen MR) is 104 cm³/mol. The van der Waals surface area contributed by atoms with Crippen LogP contribution in [0.1, 0.15) is 62.8 Å². The van der Waals surface area contributed by atoms with Gasteiger partial charge >= 0.3 is 0 Å². The Hall–Kier alpha value is -1.86. The number of nitrogens with one attached hydrogen (secondary N) is 1. The molecule has 0 bridgehead atoms. The fourth-order valence-corrected chi connectivity index (χ4v) is 3.90. The Labute approximate surface area is 146 Å². The zero-order chi connectivity index (χ0) is 17.3. The third kappa shape index (κ3) is 3.18. The quantitative estimate of drug-likeness (QED) is 0.778. The predicted octanol–water partition coefficient (Wildman–Crippen LogP) is 5.55. The Bertz CT molecular complexity index is 742. The lowest BCUT2D eigenvalue weighted by molar-refractivity contribution is 0.619. The molecular formula is C23H29N. The summed E-state index contributed by atoms with van der Waals surface area (Å²) in [5.41, 5.74) is 8.59. The van der Waals surface area contributed by atoms with Crippen molar-refractivity contribution in [2.45, 2.75) is 59.0 Å². The largest absolute Gasteiger partial charge is 0.304 e. The maximum atomic E-state index is 3.66. The van der Waals surface area contributed by atoms with E-state index in [-0.39, 0.29) is 0 Å². The summed E-state index contributed by atoms with van der Waals surface area (Å²) in [5, 5.41) is 3.66. The molecule has 0 amide bonds. The van der Waals surface area contributed by atoms with Gasteiger partial charge in [-0.25, -0.2) is 0 Å². The second-order valence-corrected chi connectivity index (χ2v) is 7.16. The lowest BCUT2D eigenvalue weighted by Gasteiger charge is -2.18. The maximum Gasteiger partial charge on any atom is 0.0303 e. The molecule has 3 unspecified atom stereocenters. The van der Waals surface area contributed by atoms with Crippen LogP contribution in [0.2, 0.25) is 0 Å². The monoisotopic (exact) mass is 319 g/mol. The van der Waals surface area contributed by atoms with Crippen molar-refractivity contribution in [3.63, 3.8) is 0 Å². The molecule has 1 aliphatic heterocycles. The van der Waals surface area contributed by atoms with Crippen LogP contribution in [0, 0.1) is 0 Å².